The molecule has 0 saturated heterocycles. The summed E-state index contributed by atoms with van der Waals surface area (Å²) in [6.45, 7) is 0. The van der Waals surface area contributed by atoms with Gasteiger partial charge in [0.1, 0.15) is 0 Å². The minimum Gasteiger partial charge on any atom is -0.308 e. The van der Waals surface area contributed by atoms with Crippen LogP contribution >= 0.6 is 0 Å². The van der Waals surface area contributed by atoms with Crippen LogP contribution in [0.1, 0.15) is 0 Å². The molecule has 0 N–H and O–H groups in total. The van der Waals surface area contributed by atoms with Gasteiger partial charge in [0.15, 0.2) is 0 Å². The van der Waals surface area contributed by atoms with Gasteiger partial charge in [0, 0.05) is 21.5 Å². The number of aromatic nitrogens is 1. The number of fused-ring (bicyclic) bond motifs is 6. The van der Waals surface area contributed by atoms with E-state index < -0.39 is 0 Å². The maximum Gasteiger partial charge on any atom is 0.0619 e. The van der Waals surface area contributed by atoms with Crippen molar-refractivity contribution in [2.75, 3.05) is 0 Å². The Hall–Kier alpha value is -5.66. The number of hydrogen-bond acceptors (Lipinski definition) is 0. The lowest BCUT2D eigenvalue weighted by atomic mass is 9.88. The molecule has 1 aromatic heterocycles. The summed E-state index contributed by atoms with van der Waals surface area (Å²) < 4.78 is 2.54. The van der Waals surface area contributed by atoms with Crippen molar-refractivity contribution in [2.24, 2.45) is 0 Å². The highest BCUT2D eigenvalue weighted by molar-refractivity contribution is 6.35. The van der Waals surface area contributed by atoms with Gasteiger partial charge in [-0.05, 0) is 66.3 Å². The van der Waals surface area contributed by atoms with Crippen LogP contribution in [-0.2, 0) is 0 Å². The molecule has 0 atom stereocenters. The van der Waals surface area contributed by atoms with Crippen LogP contribution in [0.15, 0.2) is 152 Å². The largest absolute Gasteiger partial charge is 0.308 e. The second-order valence-corrected chi connectivity index (χ2v) is 11.6. The van der Waals surface area contributed by atoms with Gasteiger partial charge in [-0.25, -0.2) is 0 Å². The number of rotatable bonds is 2. The fourth-order valence-electron chi connectivity index (χ4n) is 7.83. The minimum absolute atomic E-state index is 1.25. The predicted octanol–water partition coefficient (Wildman–Crippen LogP) is 11.7. The molecule has 1 nitrogen and oxygen atoms in total. The molecule has 10 rings (SSSR count). The van der Waals surface area contributed by atoms with Crippen LogP contribution in [0.25, 0.3) is 92.5 Å². The quantitative estimate of drug-likeness (QED) is 0.151. The van der Waals surface area contributed by atoms with Crippen molar-refractivity contribution in [3.05, 3.63) is 152 Å². The molecule has 0 fully saturated rings. The van der Waals surface area contributed by atoms with Gasteiger partial charge < -0.3 is 4.57 Å². The van der Waals surface area contributed by atoms with Crippen molar-refractivity contribution in [1.82, 2.24) is 4.57 Å². The molecule has 1 heterocycles. The third-order valence-corrected chi connectivity index (χ3v) is 9.51. The average Bonchev–Trinajstić information content (AvgIpc) is 3.41. The van der Waals surface area contributed by atoms with E-state index in [1.54, 1.807) is 0 Å². The minimum atomic E-state index is 1.25. The third kappa shape index (κ3) is 2.96. The fourth-order valence-corrected chi connectivity index (χ4v) is 7.83. The van der Waals surface area contributed by atoms with E-state index in [1.807, 2.05) is 0 Å². The van der Waals surface area contributed by atoms with Gasteiger partial charge in [0.2, 0.25) is 0 Å². The van der Waals surface area contributed by atoms with Crippen molar-refractivity contribution in [1.29, 1.82) is 0 Å². The average molecular weight is 544 g/mol. The lowest BCUT2D eigenvalue weighted by molar-refractivity contribution is 1.22. The zero-order valence-corrected chi connectivity index (χ0v) is 23.4. The molecular formula is C42H25N. The summed E-state index contributed by atoms with van der Waals surface area (Å²) in [5, 5.41) is 15.6. The molecule has 0 aliphatic carbocycles. The Morgan fingerprint density at radius 2 is 0.721 bits per heavy atom. The standard InChI is InChI=1S/C42H25N/c1-2-14-27-26(12-1)13-9-21-30(27)39-33-17-5-7-19-35(33)42(36-20-8-6-18-34(36)39)43-37-24-10-22-31-28-15-3-4-16-29(28)32-23-11-25-38(43)41(32)40(31)37/h1-25H. The van der Waals surface area contributed by atoms with Gasteiger partial charge in [0.25, 0.3) is 0 Å². The molecule has 0 aliphatic rings. The fraction of sp³-hybridized carbons (Fsp3) is 0. The van der Waals surface area contributed by atoms with Crippen LogP contribution in [-0.4, -0.2) is 4.57 Å². The van der Waals surface area contributed by atoms with Crippen LogP contribution in [0, 0.1) is 0 Å². The Labute approximate surface area is 248 Å². The molecule has 9 aromatic carbocycles. The van der Waals surface area contributed by atoms with Crippen molar-refractivity contribution >= 4 is 75.7 Å². The van der Waals surface area contributed by atoms with E-state index in [2.05, 4.69) is 156 Å². The summed E-state index contributed by atoms with van der Waals surface area (Å²) in [4.78, 5) is 0. The molecule has 0 unspecified atom stereocenters. The number of benzene rings is 9. The van der Waals surface area contributed by atoms with E-state index in [1.165, 1.54) is 92.5 Å². The Bertz CT molecular complexity index is 2580. The van der Waals surface area contributed by atoms with Crippen LogP contribution in [0.4, 0.5) is 0 Å². The van der Waals surface area contributed by atoms with E-state index >= 15 is 0 Å². The van der Waals surface area contributed by atoms with Crippen LogP contribution in [0.3, 0.4) is 0 Å². The second kappa shape index (κ2) is 8.44. The van der Waals surface area contributed by atoms with E-state index in [0.717, 1.165) is 0 Å². The Morgan fingerprint density at radius 3 is 1.30 bits per heavy atom. The summed E-state index contributed by atoms with van der Waals surface area (Å²) >= 11 is 0. The molecule has 10 aromatic rings. The first-order valence-electron chi connectivity index (χ1n) is 15.0. The Balaban J connectivity index is 1.45. The lowest BCUT2D eigenvalue weighted by Crippen LogP contribution is -1.99. The topological polar surface area (TPSA) is 4.93 Å². The first-order chi connectivity index (χ1) is 21.4. The maximum atomic E-state index is 2.54. The smallest absolute Gasteiger partial charge is 0.0619 e. The first kappa shape index (κ1) is 23.0. The molecule has 0 saturated carbocycles. The van der Waals surface area contributed by atoms with Crippen LogP contribution in [0.5, 0.6) is 0 Å². The highest BCUT2D eigenvalue weighted by Gasteiger charge is 2.23. The van der Waals surface area contributed by atoms with Crippen molar-refractivity contribution in [3.8, 4) is 16.8 Å². The summed E-state index contributed by atoms with van der Waals surface area (Å²) in [6, 6.07) is 55.9. The predicted molar refractivity (Wildman–Crippen MR) is 185 cm³/mol. The molecule has 0 spiro atoms. The molecule has 43 heavy (non-hydrogen) atoms. The SMILES string of the molecule is c1ccc2c(-c3c4ccccc4c(-n4c5cccc6c7ccccc7c7cccc4c7c65)c4ccccc34)cccc2c1. The van der Waals surface area contributed by atoms with E-state index in [9.17, 15) is 0 Å². The van der Waals surface area contributed by atoms with Gasteiger partial charge in [0.05, 0.1) is 16.7 Å². The van der Waals surface area contributed by atoms with Crippen molar-refractivity contribution in [2.45, 2.75) is 0 Å². The van der Waals surface area contributed by atoms with Crippen molar-refractivity contribution in [3.63, 3.8) is 0 Å². The Morgan fingerprint density at radius 1 is 0.302 bits per heavy atom. The summed E-state index contributed by atoms with van der Waals surface area (Å²) in [7, 11) is 0. The van der Waals surface area contributed by atoms with Crippen LogP contribution < -0.4 is 0 Å². The van der Waals surface area contributed by atoms with Gasteiger partial charge in [-0.1, -0.05) is 140 Å². The summed E-state index contributed by atoms with van der Waals surface area (Å²) in [5.41, 5.74) is 6.32. The van der Waals surface area contributed by atoms with Gasteiger partial charge in [-0.15, -0.1) is 0 Å². The highest BCUT2D eigenvalue weighted by Crippen LogP contribution is 2.48. The zero-order chi connectivity index (χ0) is 28.1. The van der Waals surface area contributed by atoms with E-state index in [4.69, 9.17) is 0 Å². The van der Waals surface area contributed by atoms with Gasteiger partial charge >= 0.3 is 0 Å². The monoisotopic (exact) mass is 543 g/mol. The summed E-state index contributed by atoms with van der Waals surface area (Å²) in [5.74, 6) is 0. The first-order valence-corrected chi connectivity index (χ1v) is 15.0. The molecule has 198 valence electrons. The van der Waals surface area contributed by atoms with Crippen LogP contribution in [0.2, 0.25) is 0 Å². The second-order valence-electron chi connectivity index (χ2n) is 11.6. The highest BCUT2D eigenvalue weighted by atomic mass is 15.0. The molecule has 0 amide bonds. The third-order valence-electron chi connectivity index (χ3n) is 9.51. The molecule has 0 aliphatic heterocycles. The normalized spacial score (nSPS) is 12.2. The molecular weight excluding hydrogens is 518 g/mol. The number of nitrogens with zero attached hydrogens (tertiary/aromatic N) is 1. The lowest BCUT2D eigenvalue weighted by Gasteiger charge is -2.20. The van der Waals surface area contributed by atoms with E-state index in [0.29, 0.717) is 0 Å². The maximum absolute atomic E-state index is 2.54. The van der Waals surface area contributed by atoms with Gasteiger partial charge in [-0.2, -0.15) is 0 Å². The van der Waals surface area contributed by atoms with Gasteiger partial charge in [-0.3, -0.25) is 0 Å². The molecule has 0 bridgehead atoms. The number of hydrogen-bond donors (Lipinski definition) is 0. The van der Waals surface area contributed by atoms with E-state index in [-0.39, 0.29) is 0 Å². The molecule has 0 radical (unpaired) electrons. The zero-order valence-electron chi connectivity index (χ0n) is 23.4. The Kier molecular flexibility index (Phi) is 4.51. The summed E-state index contributed by atoms with van der Waals surface area (Å²) in [6.07, 6.45) is 0. The van der Waals surface area contributed by atoms with Crippen molar-refractivity contribution < 1.29 is 0 Å². The molecule has 1 heteroatoms.